The van der Waals surface area contributed by atoms with Crippen LogP contribution in [0.5, 0.6) is 0 Å². The summed E-state index contributed by atoms with van der Waals surface area (Å²) in [6.45, 7) is 14.9. The fourth-order valence-electron chi connectivity index (χ4n) is 8.95. The number of allylic oxidation sites excluding steroid dienone is 2. The molecule has 0 aromatic rings. The van der Waals surface area contributed by atoms with Crippen molar-refractivity contribution in [2.75, 3.05) is 0 Å². The van der Waals surface area contributed by atoms with E-state index in [1.807, 2.05) is 11.1 Å². The molecule has 4 aliphatic carbocycles. The molecule has 0 aliphatic heterocycles. The SMILES string of the molecule is CC(C)CCC[C@@H](C)[C@H]1CCC2=C3CCC4C(C)[C@@H](O)CC[C@]4(C)[C@H]3CC[C@@]21C. The van der Waals surface area contributed by atoms with Gasteiger partial charge in [-0.1, -0.05) is 72.0 Å². The molecule has 0 spiro atoms. The van der Waals surface area contributed by atoms with E-state index in [1.165, 1.54) is 64.2 Å². The lowest BCUT2D eigenvalue weighted by atomic mass is 9.47. The molecule has 0 saturated heterocycles. The third kappa shape index (κ3) is 3.56. The molecule has 0 aromatic heterocycles. The van der Waals surface area contributed by atoms with Gasteiger partial charge in [-0.05, 0) is 97.7 Å². The van der Waals surface area contributed by atoms with Crippen LogP contribution >= 0.6 is 0 Å². The number of fused-ring (bicyclic) bond motifs is 4. The summed E-state index contributed by atoms with van der Waals surface area (Å²) in [6, 6.07) is 0. The van der Waals surface area contributed by atoms with E-state index in [9.17, 15) is 5.11 Å². The molecule has 4 rings (SSSR count). The monoisotopic (exact) mass is 400 g/mol. The Bertz CT molecular complexity index is 632. The Balaban J connectivity index is 1.55. The molecule has 8 atom stereocenters. The number of rotatable bonds is 5. The fraction of sp³-hybridized carbons (Fsp3) is 0.929. The lowest BCUT2D eigenvalue weighted by molar-refractivity contribution is -0.0779. The quantitative estimate of drug-likeness (QED) is 0.467. The highest BCUT2D eigenvalue weighted by Crippen LogP contribution is 2.66. The normalized spacial score (nSPS) is 45.7. The summed E-state index contributed by atoms with van der Waals surface area (Å²) in [6.07, 6.45) is 14.8. The van der Waals surface area contributed by atoms with E-state index in [0.717, 1.165) is 36.0 Å². The molecule has 3 fully saturated rings. The average Bonchev–Trinajstić information content (AvgIpc) is 3.02. The van der Waals surface area contributed by atoms with Gasteiger partial charge < -0.3 is 5.11 Å². The van der Waals surface area contributed by atoms with Crippen LogP contribution in [-0.4, -0.2) is 11.2 Å². The Labute approximate surface area is 181 Å². The molecule has 3 saturated carbocycles. The second-order valence-corrected chi connectivity index (χ2v) is 12.6. The highest BCUT2D eigenvalue weighted by molar-refractivity contribution is 5.35. The van der Waals surface area contributed by atoms with Gasteiger partial charge in [-0.3, -0.25) is 0 Å². The smallest absolute Gasteiger partial charge is 0.0568 e. The molecule has 0 heterocycles. The van der Waals surface area contributed by atoms with Crippen molar-refractivity contribution in [1.82, 2.24) is 0 Å². The van der Waals surface area contributed by atoms with Crippen molar-refractivity contribution in [2.45, 2.75) is 118 Å². The molecule has 0 amide bonds. The first-order valence-electron chi connectivity index (χ1n) is 13.1. The van der Waals surface area contributed by atoms with Crippen molar-refractivity contribution in [2.24, 2.45) is 46.3 Å². The van der Waals surface area contributed by atoms with Crippen LogP contribution in [0.3, 0.4) is 0 Å². The van der Waals surface area contributed by atoms with Crippen LogP contribution in [0.15, 0.2) is 11.1 Å². The Morgan fingerprint density at radius 2 is 1.72 bits per heavy atom. The van der Waals surface area contributed by atoms with Crippen LogP contribution in [0.1, 0.15) is 112 Å². The minimum Gasteiger partial charge on any atom is -0.393 e. The summed E-state index contributed by atoms with van der Waals surface area (Å²) in [4.78, 5) is 0. The van der Waals surface area contributed by atoms with E-state index in [0.29, 0.717) is 16.7 Å². The predicted octanol–water partition coefficient (Wildman–Crippen LogP) is 7.78. The second-order valence-electron chi connectivity index (χ2n) is 12.6. The van der Waals surface area contributed by atoms with Gasteiger partial charge in [0, 0.05) is 0 Å². The molecule has 2 unspecified atom stereocenters. The van der Waals surface area contributed by atoms with E-state index < -0.39 is 0 Å². The molecule has 166 valence electrons. The van der Waals surface area contributed by atoms with Gasteiger partial charge in [0.15, 0.2) is 0 Å². The second kappa shape index (κ2) is 7.99. The van der Waals surface area contributed by atoms with Gasteiger partial charge in [-0.2, -0.15) is 0 Å². The minimum absolute atomic E-state index is 0.0568. The number of hydrogen-bond donors (Lipinski definition) is 1. The van der Waals surface area contributed by atoms with Gasteiger partial charge in [0.1, 0.15) is 0 Å². The van der Waals surface area contributed by atoms with Gasteiger partial charge in [0.2, 0.25) is 0 Å². The van der Waals surface area contributed by atoms with Crippen LogP contribution in [0, 0.1) is 46.3 Å². The van der Waals surface area contributed by atoms with Crippen LogP contribution in [0.4, 0.5) is 0 Å². The Kier molecular flexibility index (Phi) is 6.04. The summed E-state index contributed by atoms with van der Waals surface area (Å²) >= 11 is 0. The highest BCUT2D eigenvalue weighted by atomic mass is 16.3. The molecule has 4 aliphatic rings. The Hall–Kier alpha value is -0.300. The maximum Gasteiger partial charge on any atom is 0.0568 e. The maximum absolute atomic E-state index is 10.5. The van der Waals surface area contributed by atoms with Crippen LogP contribution < -0.4 is 0 Å². The van der Waals surface area contributed by atoms with Gasteiger partial charge in [0.05, 0.1) is 6.10 Å². The highest BCUT2D eigenvalue weighted by Gasteiger charge is 2.56. The van der Waals surface area contributed by atoms with Crippen molar-refractivity contribution in [3.05, 3.63) is 11.1 Å². The molecule has 0 aromatic carbocycles. The Morgan fingerprint density at radius 1 is 0.966 bits per heavy atom. The third-order valence-corrected chi connectivity index (χ3v) is 10.7. The van der Waals surface area contributed by atoms with Gasteiger partial charge in [0.25, 0.3) is 0 Å². The zero-order valence-electron chi connectivity index (χ0n) is 20.3. The van der Waals surface area contributed by atoms with E-state index in [4.69, 9.17) is 0 Å². The third-order valence-electron chi connectivity index (χ3n) is 10.7. The lowest BCUT2D eigenvalue weighted by Crippen LogP contribution is -2.51. The van der Waals surface area contributed by atoms with Gasteiger partial charge in [-0.15, -0.1) is 0 Å². The zero-order chi connectivity index (χ0) is 21.0. The molecule has 1 nitrogen and oxygen atoms in total. The van der Waals surface area contributed by atoms with Crippen LogP contribution in [-0.2, 0) is 0 Å². The topological polar surface area (TPSA) is 20.2 Å². The molecular weight excluding hydrogens is 352 g/mol. The molecule has 29 heavy (non-hydrogen) atoms. The van der Waals surface area contributed by atoms with Crippen molar-refractivity contribution >= 4 is 0 Å². The predicted molar refractivity (Wildman–Crippen MR) is 124 cm³/mol. The average molecular weight is 401 g/mol. The van der Waals surface area contributed by atoms with Crippen molar-refractivity contribution in [3.8, 4) is 0 Å². The summed E-state index contributed by atoms with van der Waals surface area (Å²) in [5, 5.41) is 10.5. The molecule has 1 N–H and O–H groups in total. The molecular formula is C28H48O. The lowest BCUT2D eigenvalue weighted by Gasteiger charge is -2.58. The molecule has 1 heteroatoms. The molecule has 0 radical (unpaired) electrons. The van der Waals surface area contributed by atoms with E-state index >= 15 is 0 Å². The van der Waals surface area contributed by atoms with Gasteiger partial charge >= 0.3 is 0 Å². The summed E-state index contributed by atoms with van der Waals surface area (Å²) in [7, 11) is 0. The first-order valence-corrected chi connectivity index (χ1v) is 13.1. The molecule has 0 bridgehead atoms. The van der Waals surface area contributed by atoms with Crippen LogP contribution in [0.2, 0.25) is 0 Å². The summed E-state index contributed by atoms with van der Waals surface area (Å²) in [5.74, 6) is 4.68. The van der Waals surface area contributed by atoms with Crippen molar-refractivity contribution in [1.29, 1.82) is 0 Å². The first-order chi connectivity index (χ1) is 13.7. The van der Waals surface area contributed by atoms with E-state index in [1.54, 1.807) is 0 Å². The number of aliphatic hydroxyl groups excluding tert-OH is 1. The fourth-order valence-corrected chi connectivity index (χ4v) is 8.95. The van der Waals surface area contributed by atoms with Crippen molar-refractivity contribution in [3.63, 3.8) is 0 Å². The number of hydrogen-bond acceptors (Lipinski definition) is 1. The number of aliphatic hydroxyl groups is 1. The first kappa shape index (κ1) is 21.9. The van der Waals surface area contributed by atoms with Crippen LogP contribution in [0.25, 0.3) is 0 Å². The summed E-state index contributed by atoms with van der Waals surface area (Å²) in [5.41, 5.74) is 4.78. The minimum atomic E-state index is -0.0568. The largest absolute Gasteiger partial charge is 0.393 e. The maximum atomic E-state index is 10.5. The standard InChI is InChI=1S/C28H48O/c1-18(2)8-7-9-19(3)22-12-13-24-21-10-11-23-20(4)26(29)15-17-28(23,6)25(21)14-16-27(22,24)5/h18-20,22-23,25-26,29H,7-17H2,1-6H3/t19-,20?,22-,23?,25+,26+,27-,28+/m1/s1. The van der Waals surface area contributed by atoms with E-state index in [2.05, 4.69) is 41.5 Å². The van der Waals surface area contributed by atoms with Crippen molar-refractivity contribution < 1.29 is 5.11 Å². The van der Waals surface area contributed by atoms with E-state index in [-0.39, 0.29) is 6.10 Å². The Morgan fingerprint density at radius 3 is 2.45 bits per heavy atom. The zero-order valence-corrected chi connectivity index (χ0v) is 20.3. The van der Waals surface area contributed by atoms with Gasteiger partial charge in [-0.25, -0.2) is 0 Å². The summed E-state index contributed by atoms with van der Waals surface area (Å²) < 4.78 is 0.